The van der Waals surface area contributed by atoms with E-state index in [0.29, 0.717) is 26.2 Å². The molecule has 0 aromatic rings. The van der Waals surface area contributed by atoms with Crippen LogP contribution in [0.3, 0.4) is 0 Å². The molecule has 0 spiro atoms. The van der Waals surface area contributed by atoms with Crippen molar-refractivity contribution in [1.82, 2.24) is 0 Å². The van der Waals surface area contributed by atoms with E-state index >= 15 is 0 Å². The van der Waals surface area contributed by atoms with Gasteiger partial charge in [0.25, 0.3) is 0 Å². The van der Waals surface area contributed by atoms with Crippen molar-refractivity contribution in [2.45, 2.75) is 129 Å². The fourth-order valence-electron chi connectivity index (χ4n) is 5.00. The van der Waals surface area contributed by atoms with Gasteiger partial charge in [-0.15, -0.1) is 0 Å². The molecule has 1 heterocycles. The molecule has 7 heteroatoms. The third-order valence-electron chi connectivity index (χ3n) is 7.18. The van der Waals surface area contributed by atoms with Crippen LogP contribution in [0.4, 0.5) is 0 Å². The number of unbranched alkanes of at least 4 members (excludes halogenated alkanes) is 13. The van der Waals surface area contributed by atoms with E-state index in [0.717, 1.165) is 25.9 Å². The molecule has 36 heavy (non-hydrogen) atoms. The van der Waals surface area contributed by atoms with E-state index in [4.69, 9.17) is 13.8 Å². The molecule has 2 N–H and O–H groups in total. The lowest BCUT2D eigenvalue weighted by Gasteiger charge is -2.18. The Hall–Kier alpha value is -0.100. The largest absolute Gasteiger partial charge is 0.381 e. The lowest BCUT2D eigenvalue weighted by Crippen LogP contribution is -3.09. The van der Waals surface area contributed by atoms with Crippen molar-refractivity contribution in [3.05, 3.63) is 0 Å². The Morgan fingerprint density at radius 1 is 0.778 bits per heavy atom. The highest BCUT2D eigenvalue weighted by molar-refractivity contribution is 7.40. The maximum absolute atomic E-state index is 11.6. The minimum atomic E-state index is -1.88. The van der Waals surface area contributed by atoms with Crippen LogP contribution >= 0.6 is 8.60 Å². The average Bonchev–Trinajstić information content (AvgIpc) is 3.38. The lowest BCUT2D eigenvalue weighted by atomic mass is 10.0. The van der Waals surface area contributed by atoms with E-state index < -0.39 is 8.60 Å². The zero-order valence-electron chi connectivity index (χ0n) is 23.8. The van der Waals surface area contributed by atoms with Gasteiger partial charge in [0.15, 0.2) is 0 Å². The minimum Gasteiger partial charge on any atom is -0.381 e. The van der Waals surface area contributed by atoms with E-state index in [1.165, 1.54) is 110 Å². The standard InChI is InChI=1S/C29H58NO5P/c1-3-4-5-6-7-8-9-10-11-12-13-14-18-23-33-26-29(25-28(2)31)27-35-36(32)34-24-19-17-22-30-20-15-16-21-30/h29,32H,3-27H2,1-2H3/p+1. The second-order valence-electron chi connectivity index (χ2n) is 10.9. The first-order valence-corrected chi connectivity index (χ1v) is 16.4. The molecule has 6 nitrogen and oxygen atoms in total. The number of ketones is 1. The maximum atomic E-state index is 11.6. The molecule has 1 fully saturated rings. The SMILES string of the molecule is CCCCCCCCCCCCCCCOCC(COP(O)OCCCC[NH+]1CCCC1)CC(C)=O. The van der Waals surface area contributed by atoms with Crippen LogP contribution in [0.15, 0.2) is 0 Å². The first-order chi connectivity index (χ1) is 17.6. The maximum Gasteiger partial charge on any atom is 0.329 e. The number of nitrogens with one attached hydrogen (secondary N) is 1. The normalized spacial score (nSPS) is 16.0. The number of hydrogen-bond donors (Lipinski definition) is 2. The second-order valence-corrected chi connectivity index (χ2v) is 11.9. The Balaban J connectivity index is 1.94. The van der Waals surface area contributed by atoms with Crippen molar-refractivity contribution >= 4 is 14.4 Å². The molecule has 0 aliphatic carbocycles. The monoisotopic (exact) mass is 532 g/mol. The Bertz CT molecular complexity index is 490. The van der Waals surface area contributed by atoms with Crippen molar-refractivity contribution in [2.24, 2.45) is 5.92 Å². The molecule has 0 radical (unpaired) electrons. The van der Waals surface area contributed by atoms with Crippen LogP contribution in [0.1, 0.15) is 129 Å². The molecule has 0 bridgehead atoms. The van der Waals surface area contributed by atoms with Gasteiger partial charge in [-0.1, -0.05) is 84.0 Å². The molecule has 2 atom stereocenters. The number of hydrogen-bond acceptors (Lipinski definition) is 5. The molecule has 1 aliphatic rings. The molecular weight excluding hydrogens is 473 g/mol. The van der Waals surface area contributed by atoms with Gasteiger partial charge in [0, 0.05) is 31.8 Å². The zero-order chi connectivity index (χ0) is 26.1. The van der Waals surface area contributed by atoms with E-state index in [9.17, 15) is 9.69 Å². The van der Waals surface area contributed by atoms with Crippen molar-refractivity contribution < 1.29 is 28.4 Å². The van der Waals surface area contributed by atoms with Crippen LogP contribution in [-0.2, 0) is 18.6 Å². The number of carbonyl (C=O) groups excluding carboxylic acids is 1. The molecule has 214 valence electrons. The van der Waals surface area contributed by atoms with E-state index in [2.05, 4.69) is 6.92 Å². The van der Waals surface area contributed by atoms with E-state index in [1.807, 2.05) is 0 Å². The number of rotatable bonds is 27. The number of Topliss-reactive ketones (excluding diaryl/α,β-unsaturated/α-hetero) is 1. The van der Waals surface area contributed by atoms with Crippen molar-refractivity contribution in [3.8, 4) is 0 Å². The summed E-state index contributed by atoms with van der Waals surface area (Å²) in [6.07, 6.45) is 22.6. The average molecular weight is 533 g/mol. The lowest BCUT2D eigenvalue weighted by molar-refractivity contribution is -0.887. The van der Waals surface area contributed by atoms with Gasteiger partial charge in [-0.05, 0) is 26.2 Å². The minimum absolute atomic E-state index is 0.0241. The summed E-state index contributed by atoms with van der Waals surface area (Å²) in [5.41, 5.74) is 0. The summed E-state index contributed by atoms with van der Waals surface area (Å²) >= 11 is 0. The van der Waals surface area contributed by atoms with Crippen molar-refractivity contribution in [1.29, 1.82) is 0 Å². The summed E-state index contributed by atoms with van der Waals surface area (Å²) in [5, 5.41) is 0. The second kappa shape index (κ2) is 25.2. The summed E-state index contributed by atoms with van der Waals surface area (Å²) in [7, 11) is -1.88. The Labute approximate surface area is 224 Å². The molecule has 0 amide bonds. The summed E-state index contributed by atoms with van der Waals surface area (Å²) in [6, 6.07) is 0. The highest BCUT2D eigenvalue weighted by Crippen LogP contribution is 2.34. The van der Waals surface area contributed by atoms with Gasteiger partial charge in [-0.3, -0.25) is 0 Å². The van der Waals surface area contributed by atoms with Gasteiger partial charge in [-0.2, -0.15) is 0 Å². The summed E-state index contributed by atoms with van der Waals surface area (Å²) in [5.74, 6) is 0.102. The van der Waals surface area contributed by atoms with Crippen LogP contribution in [-0.4, -0.2) is 56.7 Å². The molecule has 2 unspecified atom stereocenters. The van der Waals surface area contributed by atoms with Crippen molar-refractivity contribution in [2.75, 3.05) is 46.1 Å². The molecular formula is C29H59NO5P+. The first-order valence-electron chi connectivity index (χ1n) is 15.3. The van der Waals surface area contributed by atoms with Gasteiger partial charge in [-0.25, -0.2) is 0 Å². The number of carbonyl (C=O) groups is 1. The highest BCUT2D eigenvalue weighted by Gasteiger charge is 2.17. The zero-order valence-corrected chi connectivity index (χ0v) is 24.7. The summed E-state index contributed by atoms with van der Waals surface area (Å²) < 4.78 is 16.8. The fraction of sp³-hybridized carbons (Fsp3) is 0.966. The van der Waals surface area contributed by atoms with E-state index in [1.54, 1.807) is 11.8 Å². The number of ether oxygens (including phenoxy) is 1. The van der Waals surface area contributed by atoms with Gasteiger partial charge in [0.2, 0.25) is 0 Å². The van der Waals surface area contributed by atoms with Gasteiger partial charge >= 0.3 is 8.60 Å². The van der Waals surface area contributed by atoms with Crippen LogP contribution in [0.2, 0.25) is 0 Å². The highest BCUT2D eigenvalue weighted by atomic mass is 31.2. The molecule has 0 saturated carbocycles. The van der Waals surface area contributed by atoms with Gasteiger partial charge in [0.05, 0.1) is 39.5 Å². The Morgan fingerprint density at radius 3 is 1.92 bits per heavy atom. The summed E-state index contributed by atoms with van der Waals surface area (Å²) in [6.45, 7) is 9.74. The topological polar surface area (TPSA) is 69.4 Å². The first kappa shape index (κ1) is 33.9. The predicted octanol–water partition coefficient (Wildman–Crippen LogP) is 6.40. The molecule has 1 saturated heterocycles. The van der Waals surface area contributed by atoms with Crippen molar-refractivity contribution in [3.63, 3.8) is 0 Å². The third-order valence-corrected chi connectivity index (χ3v) is 7.95. The van der Waals surface area contributed by atoms with Gasteiger partial charge in [0.1, 0.15) is 5.78 Å². The Morgan fingerprint density at radius 2 is 1.33 bits per heavy atom. The van der Waals surface area contributed by atoms with Crippen LogP contribution in [0.5, 0.6) is 0 Å². The Kier molecular flexibility index (Phi) is 23.7. The van der Waals surface area contributed by atoms with E-state index in [-0.39, 0.29) is 11.7 Å². The molecule has 1 aliphatic heterocycles. The fourth-order valence-corrected chi connectivity index (χ4v) is 5.69. The van der Waals surface area contributed by atoms with Crippen LogP contribution < -0.4 is 4.90 Å². The number of likely N-dealkylation sites (tertiary alicyclic amines) is 1. The predicted molar refractivity (Wildman–Crippen MR) is 150 cm³/mol. The van der Waals surface area contributed by atoms with Gasteiger partial charge < -0.3 is 28.4 Å². The molecule has 0 aromatic carbocycles. The smallest absolute Gasteiger partial charge is 0.329 e. The summed E-state index contributed by atoms with van der Waals surface area (Å²) in [4.78, 5) is 23.3. The quantitative estimate of drug-likeness (QED) is 0.0946. The number of quaternary nitrogens is 1. The molecule has 1 rings (SSSR count). The third kappa shape index (κ3) is 21.9. The molecule has 0 aromatic heterocycles. The van der Waals surface area contributed by atoms with Crippen LogP contribution in [0, 0.1) is 5.92 Å². The van der Waals surface area contributed by atoms with Crippen LogP contribution in [0.25, 0.3) is 0 Å².